The first kappa shape index (κ1) is 14.8. The van der Waals surface area contributed by atoms with E-state index >= 15 is 0 Å². The zero-order valence-electron chi connectivity index (χ0n) is 11.1. The van der Waals surface area contributed by atoms with Crippen molar-refractivity contribution in [2.45, 2.75) is 18.9 Å². The van der Waals surface area contributed by atoms with Crippen molar-refractivity contribution in [1.29, 1.82) is 5.26 Å². The van der Waals surface area contributed by atoms with Crippen LogP contribution in [0.2, 0.25) is 0 Å². The van der Waals surface area contributed by atoms with Gasteiger partial charge in [0.25, 0.3) is 0 Å². The minimum Gasteiger partial charge on any atom is -0.366 e. The highest BCUT2D eigenvalue weighted by molar-refractivity contribution is 7.89. The maximum absolute atomic E-state index is 13.7. The lowest BCUT2D eigenvalue weighted by atomic mass is 10.1. The molecule has 0 radical (unpaired) electrons. The maximum atomic E-state index is 13.7. The minimum absolute atomic E-state index is 0.0266. The Morgan fingerprint density at radius 2 is 2.30 bits per heavy atom. The molecule has 7 heteroatoms. The Morgan fingerprint density at radius 1 is 1.55 bits per heavy atom. The first-order valence-electron chi connectivity index (χ1n) is 6.35. The summed E-state index contributed by atoms with van der Waals surface area (Å²) in [5, 5.41) is 9.08. The van der Waals surface area contributed by atoms with Gasteiger partial charge in [-0.3, -0.25) is 0 Å². The summed E-state index contributed by atoms with van der Waals surface area (Å²) in [5.41, 5.74) is 0.447. The molecule has 1 fully saturated rings. The van der Waals surface area contributed by atoms with E-state index in [2.05, 4.69) is 4.72 Å². The number of sulfonamides is 1. The molecule has 1 aliphatic rings. The lowest BCUT2D eigenvalue weighted by molar-refractivity contribution is 0.577. The molecule has 0 unspecified atom stereocenters. The van der Waals surface area contributed by atoms with E-state index in [1.165, 1.54) is 19.2 Å². The van der Waals surface area contributed by atoms with Crippen molar-refractivity contribution in [3.63, 3.8) is 0 Å². The summed E-state index contributed by atoms with van der Waals surface area (Å²) in [6.07, 6.45) is 1.54. The number of nitrogens with zero attached hydrogens (tertiary/aromatic N) is 2. The third kappa shape index (κ3) is 2.92. The van der Waals surface area contributed by atoms with Gasteiger partial charge in [0, 0.05) is 12.6 Å². The lowest BCUT2D eigenvalue weighted by Crippen LogP contribution is -2.38. The molecule has 5 nitrogen and oxygen atoms in total. The van der Waals surface area contributed by atoms with Gasteiger partial charge in [-0.2, -0.15) is 5.26 Å². The van der Waals surface area contributed by atoms with Gasteiger partial charge in [-0.1, -0.05) is 6.07 Å². The van der Waals surface area contributed by atoms with Crippen molar-refractivity contribution < 1.29 is 12.8 Å². The van der Waals surface area contributed by atoms with Crippen molar-refractivity contribution in [3.05, 3.63) is 29.6 Å². The molecular weight excluding hydrogens is 281 g/mol. The third-order valence-corrected chi connectivity index (χ3v) is 4.96. The van der Waals surface area contributed by atoms with Crippen molar-refractivity contribution >= 4 is 15.7 Å². The van der Waals surface area contributed by atoms with E-state index in [-0.39, 0.29) is 17.4 Å². The number of anilines is 1. The molecule has 0 aromatic heterocycles. The zero-order valence-corrected chi connectivity index (χ0v) is 12.0. The molecule has 0 amide bonds. The summed E-state index contributed by atoms with van der Waals surface area (Å²) in [5.74, 6) is -0.627. The summed E-state index contributed by atoms with van der Waals surface area (Å²) < 4.78 is 39.3. The number of hydrogen-bond acceptors (Lipinski definition) is 4. The molecule has 0 saturated carbocycles. The fourth-order valence-corrected chi connectivity index (χ4v) is 3.55. The van der Waals surface area contributed by atoms with Crippen LogP contribution in [0.25, 0.3) is 0 Å². The Balaban J connectivity index is 2.33. The van der Waals surface area contributed by atoms with Crippen LogP contribution in [0.3, 0.4) is 0 Å². The van der Waals surface area contributed by atoms with Crippen molar-refractivity contribution in [3.8, 4) is 6.07 Å². The molecule has 0 aliphatic carbocycles. The Labute approximate surface area is 118 Å². The van der Waals surface area contributed by atoms with Crippen molar-refractivity contribution in [1.82, 2.24) is 4.72 Å². The molecule has 1 heterocycles. The lowest BCUT2D eigenvalue weighted by Gasteiger charge is -2.27. The summed E-state index contributed by atoms with van der Waals surface area (Å²) in [4.78, 5) is 1.82. The average molecular weight is 297 g/mol. The van der Waals surface area contributed by atoms with E-state index in [1.54, 1.807) is 6.07 Å². The van der Waals surface area contributed by atoms with Gasteiger partial charge < -0.3 is 4.90 Å². The molecule has 1 aromatic rings. The van der Waals surface area contributed by atoms with E-state index in [1.807, 2.05) is 11.0 Å². The van der Waals surface area contributed by atoms with E-state index in [0.717, 1.165) is 6.42 Å². The normalized spacial score (nSPS) is 19.1. The smallest absolute Gasteiger partial charge is 0.213 e. The Morgan fingerprint density at radius 3 is 2.95 bits per heavy atom. The molecular formula is C13H16FN3O2S. The Hall–Kier alpha value is -1.65. The maximum Gasteiger partial charge on any atom is 0.213 e. The van der Waals surface area contributed by atoms with Gasteiger partial charge in [0.05, 0.1) is 11.4 Å². The van der Waals surface area contributed by atoms with Crippen LogP contribution >= 0.6 is 0 Å². The van der Waals surface area contributed by atoms with Crippen LogP contribution in [0.5, 0.6) is 0 Å². The predicted octanol–water partition coefficient (Wildman–Crippen LogP) is 1.22. The van der Waals surface area contributed by atoms with Crippen LogP contribution in [0, 0.1) is 17.1 Å². The zero-order chi connectivity index (χ0) is 14.8. The van der Waals surface area contributed by atoms with Gasteiger partial charge in [0.1, 0.15) is 17.4 Å². The van der Waals surface area contributed by atoms with Gasteiger partial charge >= 0.3 is 0 Å². The minimum atomic E-state index is -3.34. The fourth-order valence-electron chi connectivity index (χ4n) is 2.53. The number of halogens is 1. The van der Waals surface area contributed by atoms with E-state index < -0.39 is 15.8 Å². The molecule has 1 atom stereocenters. The van der Waals surface area contributed by atoms with Gasteiger partial charge in [0.2, 0.25) is 10.0 Å². The second-order valence-electron chi connectivity index (χ2n) is 4.72. The number of nitrogens with one attached hydrogen (secondary N) is 1. The molecule has 0 bridgehead atoms. The quantitative estimate of drug-likeness (QED) is 0.907. The molecule has 108 valence electrons. The average Bonchev–Trinajstić information content (AvgIpc) is 2.85. The fraction of sp³-hybridized carbons (Fsp3) is 0.462. The summed E-state index contributed by atoms with van der Waals surface area (Å²) in [6.45, 7) is 0.627. The molecule has 1 aliphatic heterocycles. The first-order valence-corrected chi connectivity index (χ1v) is 8.00. The molecule has 1 N–H and O–H groups in total. The highest BCUT2D eigenvalue weighted by Crippen LogP contribution is 2.30. The van der Waals surface area contributed by atoms with Crippen LogP contribution in [-0.2, 0) is 10.0 Å². The Kier molecular flexibility index (Phi) is 4.26. The van der Waals surface area contributed by atoms with Gasteiger partial charge in [-0.15, -0.1) is 0 Å². The van der Waals surface area contributed by atoms with Gasteiger partial charge in [0.15, 0.2) is 0 Å². The van der Waals surface area contributed by atoms with Crippen LogP contribution < -0.4 is 9.62 Å². The van der Waals surface area contributed by atoms with Crippen molar-refractivity contribution in [2.24, 2.45) is 0 Å². The van der Waals surface area contributed by atoms with E-state index in [4.69, 9.17) is 5.26 Å². The number of benzene rings is 1. The van der Waals surface area contributed by atoms with Crippen LogP contribution in [0.15, 0.2) is 18.2 Å². The molecule has 2 rings (SSSR count). The summed E-state index contributed by atoms with van der Waals surface area (Å²) in [6, 6.07) is 6.05. The number of rotatable bonds is 4. The van der Waals surface area contributed by atoms with Gasteiger partial charge in [-0.25, -0.2) is 17.5 Å². The molecule has 0 spiro atoms. The molecule has 1 saturated heterocycles. The van der Waals surface area contributed by atoms with E-state index in [9.17, 15) is 12.8 Å². The Bertz CT molecular complexity index is 640. The third-order valence-electron chi connectivity index (χ3n) is 3.51. The van der Waals surface area contributed by atoms with Crippen molar-refractivity contribution in [2.75, 3.05) is 24.2 Å². The van der Waals surface area contributed by atoms with Crippen LogP contribution in [0.1, 0.15) is 18.4 Å². The predicted molar refractivity (Wildman–Crippen MR) is 74.3 cm³/mol. The van der Waals surface area contributed by atoms with E-state index in [0.29, 0.717) is 18.7 Å². The van der Waals surface area contributed by atoms with Crippen LogP contribution in [-0.4, -0.2) is 33.8 Å². The topological polar surface area (TPSA) is 73.2 Å². The number of hydrogen-bond donors (Lipinski definition) is 1. The number of nitriles is 1. The molecule has 1 aromatic carbocycles. The largest absolute Gasteiger partial charge is 0.366 e. The first-order chi connectivity index (χ1) is 9.48. The van der Waals surface area contributed by atoms with Gasteiger partial charge in [-0.05, 0) is 32.0 Å². The standard InChI is InChI=1S/C13H16FN3O2S/c1-16-20(18,19)9-10-4-3-7-17(10)13-6-2-5-12(14)11(13)8-15/h2,5-6,10,16H,3-4,7,9H2,1H3/t10-/m1/s1. The monoisotopic (exact) mass is 297 g/mol. The highest BCUT2D eigenvalue weighted by Gasteiger charge is 2.30. The SMILES string of the molecule is CNS(=O)(=O)C[C@H]1CCCN1c1cccc(F)c1C#N. The highest BCUT2D eigenvalue weighted by atomic mass is 32.2. The molecule has 20 heavy (non-hydrogen) atoms. The summed E-state index contributed by atoms with van der Waals surface area (Å²) >= 11 is 0. The second-order valence-corrected chi connectivity index (χ2v) is 6.69. The summed E-state index contributed by atoms with van der Waals surface area (Å²) in [7, 11) is -1.97. The van der Waals surface area contributed by atoms with Crippen LogP contribution in [0.4, 0.5) is 10.1 Å². The second kappa shape index (κ2) is 5.77.